The summed E-state index contributed by atoms with van der Waals surface area (Å²) >= 11 is 5.80. The molecule has 0 spiro atoms. The van der Waals surface area contributed by atoms with Gasteiger partial charge in [-0.05, 0) is 12.1 Å². The predicted octanol–water partition coefficient (Wildman–Crippen LogP) is 2.19. The Balaban J connectivity index is 2.51. The van der Waals surface area contributed by atoms with Crippen molar-refractivity contribution in [2.24, 2.45) is 0 Å². The third-order valence-electron chi connectivity index (χ3n) is 3.16. The Labute approximate surface area is 152 Å². The van der Waals surface area contributed by atoms with Gasteiger partial charge in [-0.3, -0.25) is 4.72 Å². The number of alkyl halides is 2. The van der Waals surface area contributed by atoms with E-state index >= 15 is 0 Å². The fraction of sp³-hybridized carbons (Fsp3) is 0.286. The van der Waals surface area contributed by atoms with E-state index in [1.807, 2.05) is 0 Å². The third-order valence-corrected chi connectivity index (χ3v) is 4.36. The fourth-order valence-corrected chi connectivity index (χ4v) is 2.69. The van der Waals surface area contributed by atoms with Crippen LogP contribution in [0.25, 0.3) is 0 Å². The highest BCUT2D eigenvalue weighted by Crippen LogP contribution is 2.32. The number of hydrogen-bond acceptors (Lipinski definition) is 7. The summed E-state index contributed by atoms with van der Waals surface area (Å²) in [4.78, 5) is 7.90. The number of aliphatic hydroxyl groups is 1. The van der Waals surface area contributed by atoms with Crippen LogP contribution in [0.2, 0.25) is 5.02 Å². The summed E-state index contributed by atoms with van der Waals surface area (Å²) in [7, 11) is -2.30. The topological polar surface area (TPSA) is 111 Å². The Morgan fingerprint density at radius 3 is 2.23 bits per heavy atom. The normalized spacial score (nSPS) is 12.7. The van der Waals surface area contributed by atoms with Gasteiger partial charge in [-0.1, -0.05) is 17.7 Å². The van der Waals surface area contributed by atoms with Crippen molar-refractivity contribution < 1.29 is 31.8 Å². The largest absolute Gasteiger partial charge is 0.481 e. The Morgan fingerprint density at radius 1 is 1.15 bits per heavy atom. The van der Waals surface area contributed by atoms with E-state index in [0.717, 1.165) is 6.07 Å². The summed E-state index contributed by atoms with van der Waals surface area (Å²) in [6.07, 6.45) is -1.58. The number of aliphatic hydroxyl groups excluding tert-OH is 1. The standard InChI is InChI=1S/C14H14ClF2N3O5S/c1-24-10-6-11(25-2)19-13(18-10)12(21)8-4-3-7(15)5-9(8)20-26(22,23)14(16)17/h3-6,12,14,20-21H,1-2H3. The van der Waals surface area contributed by atoms with Crippen LogP contribution < -0.4 is 14.2 Å². The van der Waals surface area contributed by atoms with E-state index in [1.165, 1.54) is 32.4 Å². The molecule has 0 aliphatic rings. The van der Waals surface area contributed by atoms with Crippen LogP contribution in [-0.4, -0.2) is 43.5 Å². The van der Waals surface area contributed by atoms with Gasteiger partial charge in [0.15, 0.2) is 5.82 Å². The van der Waals surface area contributed by atoms with Gasteiger partial charge in [0.05, 0.1) is 26.0 Å². The second kappa shape index (κ2) is 7.98. The van der Waals surface area contributed by atoms with Gasteiger partial charge in [0, 0.05) is 10.6 Å². The monoisotopic (exact) mass is 409 g/mol. The van der Waals surface area contributed by atoms with Crippen LogP contribution in [0.15, 0.2) is 24.3 Å². The minimum atomic E-state index is -4.98. The van der Waals surface area contributed by atoms with Gasteiger partial charge >= 0.3 is 5.76 Å². The Kier molecular flexibility index (Phi) is 6.16. The van der Waals surface area contributed by atoms with E-state index in [1.54, 1.807) is 4.72 Å². The molecule has 1 unspecified atom stereocenters. The molecule has 0 saturated heterocycles. The number of ether oxygens (including phenoxy) is 2. The maximum atomic E-state index is 12.6. The average Bonchev–Trinajstić information content (AvgIpc) is 2.60. The third kappa shape index (κ3) is 4.48. The van der Waals surface area contributed by atoms with Gasteiger partial charge in [-0.25, -0.2) is 8.42 Å². The van der Waals surface area contributed by atoms with Crippen molar-refractivity contribution in [1.82, 2.24) is 9.97 Å². The van der Waals surface area contributed by atoms with Crippen LogP contribution in [0.1, 0.15) is 17.5 Å². The maximum absolute atomic E-state index is 12.6. The number of halogens is 3. The lowest BCUT2D eigenvalue weighted by Crippen LogP contribution is -2.22. The summed E-state index contributed by atoms with van der Waals surface area (Å²) in [5.41, 5.74) is -0.426. The highest BCUT2D eigenvalue weighted by molar-refractivity contribution is 7.93. The van der Waals surface area contributed by atoms with E-state index in [0.29, 0.717) is 0 Å². The van der Waals surface area contributed by atoms with Crippen LogP contribution in [0.3, 0.4) is 0 Å². The molecule has 0 radical (unpaired) electrons. The number of hydrogen-bond donors (Lipinski definition) is 2. The molecule has 2 rings (SSSR count). The number of sulfonamides is 1. The number of aromatic nitrogens is 2. The second-order valence-corrected chi connectivity index (χ2v) is 6.94. The van der Waals surface area contributed by atoms with E-state index < -0.39 is 21.9 Å². The highest BCUT2D eigenvalue weighted by Gasteiger charge is 2.27. The first kappa shape index (κ1) is 20.1. The lowest BCUT2D eigenvalue weighted by atomic mass is 10.1. The van der Waals surface area contributed by atoms with Crippen LogP contribution >= 0.6 is 11.6 Å². The van der Waals surface area contributed by atoms with Crippen molar-refractivity contribution in [2.75, 3.05) is 18.9 Å². The Bertz CT molecular complexity index is 876. The Hall–Kier alpha value is -2.24. The van der Waals surface area contributed by atoms with Crippen molar-refractivity contribution in [3.05, 3.63) is 40.7 Å². The SMILES string of the molecule is COc1cc(OC)nc(C(O)c2ccc(Cl)cc2NS(=O)(=O)C(F)F)n1. The highest BCUT2D eigenvalue weighted by atomic mass is 35.5. The van der Waals surface area contributed by atoms with Crippen molar-refractivity contribution >= 4 is 27.3 Å². The summed E-state index contributed by atoms with van der Waals surface area (Å²) in [6, 6.07) is 5.04. The quantitative estimate of drug-likeness (QED) is 0.721. The smallest absolute Gasteiger partial charge is 0.355 e. The molecule has 8 nitrogen and oxygen atoms in total. The lowest BCUT2D eigenvalue weighted by molar-refractivity contribution is 0.206. The molecule has 2 aromatic rings. The van der Waals surface area contributed by atoms with Crippen LogP contribution in [-0.2, 0) is 10.0 Å². The zero-order chi connectivity index (χ0) is 19.5. The maximum Gasteiger partial charge on any atom is 0.355 e. The van der Waals surface area contributed by atoms with Gasteiger partial charge in [-0.2, -0.15) is 18.7 Å². The molecule has 12 heteroatoms. The molecule has 1 aromatic carbocycles. The minimum Gasteiger partial charge on any atom is -0.481 e. The molecule has 1 heterocycles. The first-order valence-electron chi connectivity index (χ1n) is 6.92. The van der Waals surface area contributed by atoms with Gasteiger partial charge in [0.1, 0.15) is 6.10 Å². The summed E-state index contributed by atoms with van der Waals surface area (Å²) in [5.74, 6) is -3.70. The molecular formula is C14H14ClF2N3O5S. The lowest BCUT2D eigenvalue weighted by Gasteiger charge is -2.17. The molecule has 0 bridgehead atoms. The van der Waals surface area contributed by atoms with Gasteiger partial charge in [-0.15, -0.1) is 0 Å². The zero-order valence-corrected chi connectivity index (χ0v) is 15.1. The van der Waals surface area contributed by atoms with Crippen LogP contribution in [0.5, 0.6) is 11.8 Å². The number of nitrogens with one attached hydrogen (secondary N) is 1. The summed E-state index contributed by atoms with van der Waals surface area (Å²) in [6.45, 7) is 0. The molecule has 1 atom stereocenters. The number of benzene rings is 1. The zero-order valence-electron chi connectivity index (χ0n) is 13.5. The van der Waals surface area contributed by atoms with E-state index in [9.17, 15) is 22.3 Å². The number of anilines is 1. The molecule has 0 amide bonds. The first-order chi connectivity index (χ1) is 12.2. The summed E-state index contributed by atoms with van der Waals surface area (Å²) in [5, 5.41) is 10.6. The minimum absolute atomic E-state index is 0.0667. The number of rotatable bonds is 7. The average molecular weight is 410 g/mol. The molecular weight excluding hydrogens is 396 g/mol. The molecule has 2 N–H and O–H groups in total. The Morgan fingerprint density at radius 2 is 1.73 bits per heavy atom. The number of methoxy groups -OCH3 is 2. The molecule has 0 aliphatic carbocycles. The molecule has 0 fully saturated rings. The number of nitrogens with zero attached hydrogens (tertiary/aromatic N) is 2. The second-order valence-electron chi connectivity index (χ2n) is 4.85. The molecule has 142 valence electrons. The van der Waals surface area contributed by atoms with Crippen molar-refractivity contribution in [3.63, 3.8) is 0 Å². The van der Waals surface area contributed by atoms with Crippen molar-refractivity contribution in [1.29, 1.82) is 0 Å². The molecule has 1 aromatic heterocycles. The van der Waals surface area contributed by atoms with Crippen LogP contribution in [0, 0.1) is 0 Å². The fourth-order valence-electron chi connectivity index (χ4n) is 1.94. The van der Waals surface area contributed by atoms with Crippen molar-refractivity contribution in [3.8, 4) is 11.8 Å². The summed E-state index contributed by atoms with van der Waals surface area (Å²) < 4.78 is 59.9. The van der Waals surface area contributed by atoms with Crippen molar-refractivity contribution in [2.45, 2.75) is 11.9 Å². The van der Waals surface area contributed by atoms with E-state index in [4.69, 9.17) is 21.1 Å². The van der Waals surface area contributed by atoms with Gasteiger partial charge < -0.3 is 14.6 Å². The van der Waals surface area contributed by atoms with Crippen LogP contribution in [0.4, 0.5) is 14.5 Å². The van der Waals surface area contributed by atoms with Gasteiger partial charge in [0.2, 0.25) is 11.8 Å². The first-order valence-corrected chi connectivity index (χ1v) is 8.84. The molecule has 0 saturated carbocycles. The van der Waals surface area contributed by atoms with E-state index in [-0.39, 0.29) is 33.9 Å². The molecule has 26 heavy (non-hydrogen) atoms. The van der Waals surface area contributed by atoms with E-state index in [2.05, 4.69) is 9.97 Å². The molecule has 0 aliphatic heterocycles. The predicted molar refractivity (Wildman–Crippen MR) is 89.2 cm³/mol. The van der Waals surface area contributed by atoms with Gasteiger partial charge in [0.25, 0.3) is 10.0 Å².